The van der Waals surface area contributed by atoms with Crippen LogP contribution in [-0.4, -0.2) is 44.8 Å². The topological polar surface area (TPSA) is 156 Å². The Hall–Kier alpha value is -9.36. The summed E-state index contributed by atoms with van der Waals surface area (Å²) in [7, 11) is 2.04. The number of nitrogens with one attached hydrogen (secondary N) is 2. The molecule has 20 rings (SSSR count). The maximum absolute atomic E-state index is 15.1. The van der Waals surface area contributed by atoms with Crippen molar-refractivity contribution in [2.24, 2.45) is 36.6 Å². The lowest BCUT2D eigenvalue weighted by Crippen LogP contribution is -2.38. The molecule has 5 aliphatic carbocycles. The smallest absolute Gasteiger partial charge is 0.347 e. The summed E-state index contributed by atoms with van der Waals surface area (Å²) in [6, 6.07) is 70.0. The minimum Gasteiger partial charge on any atom is -0.347 e. The number of nitrogens with zero attached hydrogens (tertiary/aromatic N) is 8. The molecule has 5 saturated carbocycles. The quantitative estimate of drug-likeness (QED) is 0.0174. The van der Waals surface area contributed by atoms with Crippen LogP contribution >= 0.6 is 128 Å². The Kier molecular flexibility index (Phi) is 36.0. The van der Waals surface area contributed by atoms with Gasteiger partial charge in [0.1, 0.15) is 51.8 Å². The normalized spacial score (nSPS) is 17.2. The molecule has 5 atom stereocenters. The second kappa shape index (κ2) is 48.6. The van der Waals surface area contributed by atoms with E-state index in [0.29, 0.717) is 56.9 Å². The van der Waals surface area contributed by atoms with Gasteiger partial charge in [-0.05, 0) is 266 Å². The first-order valence-electron chi connectivity index (χ1n) is 47.5. The molecule has 8 aromatic carbocycles. The van der Waals surface area contributed by atoms with Gasteiger partial charge in [-0.3, -0.25) is 15.1 Å². The fourth-order valence-electron chi connectivity index (χ4n) is 21.0. The van der Waals surface area contributed by atoms with Crippen molar-refractivity contribution in [2.75, 3.05) is 0 Å². The number of aryl methyl sites for hydroxylation is 1. The molecule has 0 spiro atoms. The van der Waals surface area contributed by atoms with Gasteiger partial charge in [-0.2, -0.15) is 17.6 Å². The van der Waals surface area contributed by atoms with Gasteiger partial charge in [0.15, 0.2) is 4.34 Å². The van der Waals surface area contributed by atoms with Crippen LogP contribution in [0.2, 0.25) is 20.1 Å². The first kappa shape index (κ1) is 104. The molecule has 0 radical (unpaired) electrons. The minimum atomic E-state index is -4.93. The van der Waals surface area contributed by atoms with E-state index in [4.69, 9.17) is 56.4 Å². The zero-order valence-corrected chi connectivity index (χ0v) is 86.0. The van der Waals surface area contributed by atoms with Gasteiger partial charge in [0.05, 0.1) is 62.4 Å². The van der Waals surface area contributed by atoms with Crippen molar-refractivity contribution in [1.29, 1.82) is 0 Å². The molecule has 31 heteroatoms. The van der Waals surface area contributed by atoms with Crippen LogP contribution in [0.15, 0.2) is 321 Å². The molecule has 0 aliphatic heterocycles. The zero-order valence-electron chi connectivity index (χ0n) is 77.2. The number of imidazole rings is 2. The summed E-state index contributed by atoms with van der Waals surface area (Å²) in [5.41, 5.74) is 5.22. The average Bonchev–Trinajstić information content (AvgIpc) is 1.69. The fourth-order valence-corrected chi connectivity index (χ4v) is 30.9. The lowest BCUT2D eigenvalue weighted by atomic mass is 9.72. The Morgan fingerprint density at radius 3 is 1.33 bits per heavy atom. The first-order valence-corrected chi connectivity index (χ1v) is 54.8. The number of pyridine rings is 3. The zero-order chi connectivity index (χ0) is 98.6. The van der Waals surface area contributed by atoms with E-state index in [1.807, 2.05) is 171 Å². The molecule has 0 bridgehead atoms. The van der Waals surface area contributed by atoms with Crippen LogP contribution in [0.1, 0.15) is 209 Å². The van der Waals surface area contributed by atoms with Gasteiger partial charge in [0.25, 0.3) is 10.9 Å². The third-order valence-electron chi connectivity index (χ3n) is 27.4. The number of hydrogen-bond donors (Lipinski definition) is 2. The molecular weight excluding hydrogens is 2010 g/mol. The number of benzene rings is 8. The number of aromatic amines is 2. The standard InChI is InChI=1S/C23H24ClFN2S.C23H21ClFNS.C22H21F2NS2.C21H21Cl2N3S.C21H17F4N3O2S2/c1-27-16-15-26-22(27)28-23(17-7-3-2-4-8-17,18-11-13-19(25)14-12-18)20-9-5-6-10-21(20)24;24-19-10-14-21(15-11-19)27-23(17-5-1-2-6-17,22-7-3-4-16-26-22)18-8-12-20(25)13-9-18;23-18-12-10-17(11-13-18)22(16-6-2-1-3-7-16,27-21-25-14-15-26-21)19-8-4-5-9-20(19)24;22-17-10-9-16(14-18(17)23)21(20-25-12-13-26-20,15-6-2-1-3-7-15)27-19-8-4-5-11-24-19;22-19-27-17(12-31-19)20(13-5-1-2-6-13,32-18-7-3-4-10-26-18)14-8-9-16(28(29)30)15(11-14)21(23,24)25/h5-6,9-17H,2-4,7-8H2,1H3;3-4,7-17H,1-2,5-6H2;4-5,8-16H,1-3,6-7H2;4-5,8-15H,1-3,6-7H2,(H,25,26);3-4,7-13H,1-2,5-6H2/p+1. The predicted molar refractivity (Wildman–Crippen MR) is 557 cm³/mol. The van der Waals surface area contributed by atoms with Crippen LogP contribution in [0.25, 0.3) is 0 Å². The summed E-state index contributed by atoms with van der Waals surface area (Å²) in [4.78, 5) is 45.1. The molecule has 141 heavy (non-hydrogen) atoms. The van der Waals surface area contributed by atoms with Crippen molar-refractivity contribution < 1.29 is 44.6 Å². The Morgan fingerprint density at radius 2 is 0.865 bits per heavy atom. The second-order valence-electron chi connectivity index (χ2n) is 35.9. The lowest BCUT2D eigenvalue weighted by molar-refractivity contribution is -0.708. The monoisotopic (exact) mass is 2110 g/mol. The van der Waals surface area contributed by atoms with Gasteiger partial charge in [0, 0.05) is 74.5 Å². The van der Waals surface area contributed by atoms with Gasteiger partial charge < -0.3 is 4.98 Å². The molecule has 2 N–H and O–H groups in total. The number of thioether (sulfide) groups is 5. The lowest BCUT2D eigenvalue weighted by Gasteiger charge is -2.43. The van der Waals surface area contributed by atoms with E-state index in [-0.39, 0.29) is 54.9 Å². The van der Waals surface area contributed by atoms with Crippen molar-refractivity contribution in [2.45, 2.75) is 202 Å². The van der Waals surface area contributed by atoms with E-state index < -0.39 is 37.1 Å². The maximum atomic E-state index is 15.1. The summed E-state index contributed by atoms with van der Waals surface area (Å²) in [6.45, 7) is 0. The third kappa shape index (κ3) is 24.2. The minimum absolute atomic E-state index is 0.154. The SMILES string of the molecule is C[n+]1cc[nH]c1SC(c1ccc(F)cc1)(c1ccccc1Cl)C1CCCCC1.Clc1ccc(C(Sc2ccccn2)(c2ncc[nH]2)C2CCCCC2)cc1Cl.Fc1ccc(C(Sc2ccc(Cl)cc2)(c2ccccn2)C2CCCC2)cc1.Fc1ccc(C(Sc2nccs2)(c2ccccc2F)C2CCCCC2)cc1.O=[N+]([O-])c1ccc(C(Sc2ccccn2)(c2csc(F)n2)C2CCCC2)cc1C(F)(F)F. The molecule has 0 amide bonds. The van der Waals surface area contributed by atoms with Gasteiger partial charge in [-0.25, -0.2) is 52.0 Å². The summed E-state index contributed by atoms with van der Waals surface area (Å²) in [5, 5.41) is 19.3. The van der Waals surface area contributed by atoms with Gasteiger partial charge in [-0.15, -0.1) is 23.1 Å². The molecule has 12 nitrogen and oxygen atoms in total. The summed E-state index contributed by atoms with van der Waals surface area (Å²) < 4.78 is 112. The van der Waals surface area contributed by atoms with Gasteiger partial charge >= 0.3 is 11.3 Å². The van der Waals surface area contributed by atoms with Crippen molar-refractivity contribution in [1.82, 2.24) is 39.9 Å². The largest absolute Gasteiger partial charge is 0.423 e. The van der Waals surface area contributed by atoms with Crippen LogP contribution in [0, 0.1) is 68.2 Å². The number of aromatic nitrogens is 9. The fraction of sp³-hybridized carbons (Fsp3) is 0.318. The average molecular weight is 2120 g/mol. The number of halogens is 12. The highest BCUT2D eigenvalue weighted by molar-refractivity contribution is 8.02. The van der Waals surface area contributed by atoms with E-state index in [1.165, 1.54) is 99.2 Å². The summed E-state index contributed by atoms with van der Waals surface area (Å²) in [6.07, 6.45) is 35.3. The van der Waals surface area contributed by atoms with E-state index in [1.54, 1.807) is 108 Å². The molecule has 732 valence electrons. The number of rotatable bonds is 26. The molecule has 7 heterocycles. The number of thiazole rings is 2. The molecular formula is C110H105Cl4F8N10O2S7+. The van der Waals surface area contributed by atoms with Crippen LogP contribution in [-0.2, 0) is 37.0 Å². The van der Waals surface area contributed by atoms with E-state index in [2.05, 4.69) is 76.9 Å². The highest BCUT2D eigenvalue weighted by Crippen LogP contribution is 2.63. The molecule has 5 unspecified atom stereocenters. The summed E-state index contributed by atoms with van der Waals surface area (Å²) in [5.74, 6) is 1.44. The van der Waals surface area contributed by atoms with Crippen molar-refractivity contribution >= 4 is 134 Å². The molecule has 15 aromatic rings. The number of alkyl halides is 3. The van der Waals surface area contributed by atoms with Crippen LogP contribution in [0.3, 0.4) is 0 Å². The van der Waals surface area contributed by atoms with E-state index in [9.17, 15) is 40.8 Å². The Labute approximate surface area is 866 Å². The number of H-pyrrole nitrogens is 2. The summed E-state index contributed by atoms with van der Waals surface area (Å²) >= 11 is 36.1. The van der Waals surface area contributed by atoms with Gasteiger partial charge in [-0.1, -0.05) is 280 Å². The Bertz CT molecular complexity index is 6510. The maximum Gasteiger partial charge on any atom is 0.423 e. The first-order chi connectivity index (χ1) is 68.4. The van der Waals surface area contributed by atoms with Crippen LogP contribution in [0.4, 0.5) is 40.8 Å². The second-order valence-corrected chi connectivity index (χ2v) is 45.8. The number of hydrogen-bond acceptors (Lipinski definition) is 15. The highest BCUT2D eigenvalue weighted by Gasteiger charge is 2.53. The third-order valence-corrected chi connectivity index (χ3v) is 38.3. The van der Waals surface area contributed by atoms with Crippen molar-refractivity contribution in [3.63, 3.8) is 0 Å². The Balaban J connectivity index is 0.000000127. The van der Waals surface area contributed by atoms with Gasteiger partial charge in [0.2, 0.25) is 0 Å². The highest BCUT2D eigenvalue weighted by atomic mass is 35.5. The van der Waals surface area contributed by atoms with Crippen LogP contribution in [0.5, 0.6) is 0 Å². The predicted octanol–water partition coefficient (Wildman–Crippen LogP) is 33.9. The van der Waals surface area contributed by atoms with E-state index in [0.717, 1.165) is 169 Å². The molecule has 0 saturated heterocycles. The number of nitro benzene ring substituents is 1. The number of nitro groups is 1. The molecule has 5 aliphatic rings. The van der Waals surface area contributed by atoms with E-state index >= 15 is 4.39 Å². The molecule has 7 aromatic heterocycles. The van der Waals surface area contributed by atoms with Crippen molar-refractivity contribution in [3.05, 3.63) is 417 Å². The van der Waals surface area contributed by atoms with Crippen molar-refractivity contribution in [3.8, 4) is 0 Å². The van der Waals surface area contributed by atoms with Crippen LogP contribution < -0.4 is 4.57 Å². The molecule has 5 fully saturated rings. The Morgan fingerprint density at radius 1 is 0.397 bits per heavy atom.